The number of hydrazone groups is 1. The maximum Gasteiger partial charge on any atom is 0.262 e. The van der Waals surface area contributed by atoms with Crippen LogP contribution < -0.4 is 10.7 Å². The average molecular weight is 313 g/mol. The highest BCUT2D eigenvalue weighted by molar-refractivity contribution is 5.97. The molecule has 0 radical (unpaired) electrons. The van der Waals surface area contributed by atoms with Gasteiger partial charge in [-0.05, 0) is 30.2 Å². The van der Waals surface area contributed by atoms with Crippen molar-refractivity contribution in [3.8, 4) is 0 Å². The van der Waals surface area contributed by atoms with E-state index in [1.54, 1.807) is 36.4 Å². The van der Waals surface area contributed by atoms with E-state index in [0.29, 0.717) is 11.3 Å². The largest absolute Gasteiger partial charge is 0.463 e. The molecule has 1 aromatic carbocycles. The fourth-order valence-corrected chi connectivity index (χ4v) is 1.94. The van der Waals surface area contributed by atoms with Crippen LogP contribution in [0.15, 0.2) is 58.2 Å². The molecule has 2 N–H and O–H groups in total. The molecule has 2 amide bonds. The molecule has 2 rings (SSSR count). The van der Waals surface area contributed by atoms with Crippen LogP contribution >= 0.6 is 0 Å². The van der Waals surface area contributed by atoms with Crippen LogP contribution in [-0.2, 0) is 4.79 Å². The van der Waals surface area contributed by atoms with Gasteiger partial charge in [0.1, 0.15) is 11.8 Å². The van der Waals surface area contributed by atoms with E-state index >= 15 is 0 Å². The molecule has 1 aromatic heterocycles. The van der Waals surface area contributed by atoms with Crippen LogP contribution in [0, 0.1) is 5.92 Å². The highest BCUT2D eigenvalue weighted by atomic mass is 16.3. The molecule has 23 heavy (non-hydrogen) atoms. The van der Waals surface area contributed by atoms with Crippen molar-refractivity contribution in [3.63, 3.8) is 0 Å². The Morgan fingerprint density at radius 3 is 2.48 bits per heavy atom. The second-order valence-corrected chi connectivity index (χ2v) is 5.31. The van der Waals surface area contributed by atoms with Gasteiger partial charge < -0.3 is 9.73 Å². The Labute approximate surface area is 134 Å². The zero-order chi connectivity index (χ0) is 16.7. The van der Waals surface area contributed by atoms with Gasteiger partial charge in [0.05, 0.1) is 12.5 Å². The summed E-state index contributed by atoms with van der Waals surface area (Å²) in [5, 5.41) is 6.56. The molecule has 0 aliphatic carbocycles. The second kappa shape index (κ2) is 7.93. The third-order valence-electron chi connectivity index (χ3n) is 3.18. The lowest BCUT2D eigenvalue weighted by atomic mass is 10.0. The third-order valence-corrected chi connectivity index (χ3v) is 3.18. The maximum absolute atomic E-state index is 12.2. The third kappa shape index (κ3) is 4.81. The molecule has 0 saturated heterocycles. The summed E-state index contributed by atoms with van der Waals surface area (Å²) in [4.78, 5) is 24.4. The lowest BCUT2D eigenvalue weighted by molar-refractivity contribution is -0.123. The van der Waals surface area contributed by atoms with E-state index in [2.05, 4.69) is 15.8 Å². The van der Waals surface area contributed by atoms with Gasteiger partial charge in [0.25, 0.3) is 11.8 Å². The molecule has 0 saturated carbocycles. The number of hydrogen-bond acceptors (Lipinski definition) is 4. The normalized spacial score (nSPS) is 12.3. The number of hydrogen-bond donors (Lipinski definition) is 2. The summed E-state index contributed by atoms with van der Waals surface area (Å²) in [6.07, 6.45) is 2.91. The maximum atomic E-state index is 12.2. The molecule has 0 fully saturated rings. The van der Waals surface area contributed by atoms with Gasteiger partial charge in [-0.3, -0.25) is 9.59 Å². The first-order chi connectivity index (χ1) is 11.1. The molecule has 1 atom stereocenters. The minimum atomic E-state index is -0.684. The Morgan fingerprint density at radius 2 is 1.87 bits per heavy atom. The van der Waals surface area contributed by atoms with Gasteiger partial charge in [0.15, 0.2) is 0 Å². The van der Waals surface area contributed by atoms with Crippen LogP contribution in [0.5, 0.6) is 0 Å². The molecule has 0 aliphatic rings. The molecule has 6 nitrogen and oxygen atoms in total. The highest BCUT2D eigenvalue weighted by Gasteiger charge is 2.24. The molecule has 0 bridgehead atoms. The Hall–Kier alpha value is -2.89. The van der Waals surface area contributed by atoms with Gasteiger partial charge in [-0.15, -0.1) is 0 Å². The van der Waals surface area contributed by atoms with Crippen molar-refractivity contribution in [2.75, 3.05) is 0 Å². The van der Waals surface area contributed by atoms with Crippen LogP contribution in [0.1, 0.15) is 30.0 Å². The fourth-order valence-electron chi connectivity index (χ4n) is 1.94. The van der Waals surface area contributed by atoms with E-state index < -0.39 is 6.04 Å². The van der Waals surface area contributed by atoms with Crippen molar-refractivity contribution < 1.29 is 14.0 Å². The number of carbonyl (C=O) groups excluding carboxylic acids is 2. The van der Waals surface area contributed by atoms with Gasteiger partial charge in [0.2, 0.25) is 0 Å². The number of rotatable bonds is 6. The number of carbonyl (C=O) groups is 2. The van der Waals surface area contributed by atoms with Gasteiger partial charge in [-0.2, -0.15) is 5.10 Å². The lowest BCUT2D eigenvalue weighted by Crippen LogP contribution is -2.48. The monoisotopic (exact) mass is 313 g/mol. The average Bonchev–Trinajstić information content (AvgIpc) is 3.06. The summed E-state index contributed by atoms with van der Waals surface area (Å²) < 4.78 is 5.08. The topological polar surface area (TPSA) is 83.7 Å². The number of amides is 2. The van der Waals surface area contributed by atoms with E-state index in [4.69, 9.17) is 4.42 Å². The fraction of sp³-hybridized carbons (Fsp3) is 0.235. The van der Waals surface area contributed by atoms with E-state index in [1.807, 2.05) is 19.9 Å². The van der Waals surface area contributed by atoms with Crippen molar-refractivity contribution in [1.29, 1.82) is 0 Å². The predicted octanol–water partition coefficient (Wildman–Crippen LogP) is 2.18. The van der Waals surface area contributed by atoms with Crippen LogP contribution in [0.2, 0.25) is 0 Å². The van der Waals surface area contributed by atoms with Crippen LogP contribution in [0.4, 0.5) is 0 Å². The predicted molar refractivity (Wildman–Crippen MR) is 87.0 cm³/mol. The SMILES string of the molecule is CC(C)[C@@H](NC(=O)c1ccccc1)C(=O)N/N=C\c1ccco1. The van der Waals surface area contributed by atoms with E-state index in [9.17, 15) is 9.59 Å². The second-order valence-electron chi connectivity index (χ2n) is 5.31. The number of benzene rings is 1. The Balaban J connectivity index is 1.97. The minimum absolute atomic E-state index is 0.0820. The van der Waals surface area contributed by atoms with Gasteiger partial charge in [0, 0.05) is 5.56 Å². The van der Waals surface area contributed by atoms with Crippen LogP contribution in [-0.4, -0.2) is 24.1 Å². The Bertz CT molecular complexity index is 664. The lowest BCUT2D eigenvalue weighted by Gasteiger charge is -2.20. The summed E-state index contributed by atoms with van der Waals surface area (Å²) in [5.41, 5.74) is 2.92. The highest BCUT2D eigenvalue weighted by Crippen LogP contribution is 2.05. The van der Waals surface area contributed by atoms with Gasteiger partial charge in [-0.25, -0.2) is 5.43 Å². The molecule has 1 heterocycles. The molecular weight excluding hydrogens is 294 g/mol. The summed E-state index contributed by atoms with van der Waals surface area (Å²) in [7, 11) is 0. The first-order valence-corrected chi connectivity index (χ1v) is 7.30. The summed E-state index contributed by atoms with van der Waals surface area (Å²) in [6, 6.07) is 11.5. The molecular formula is C17H19N3O3. The van der Waals surface area contributed by atoms with Crippen molar-refractivity contribution in [2.24, 2.45) is 11.0 Å². The number of nitrogens with zero attached hydrogens (tertiary/aromatic N) is 1. The Kier molecular flexibility index (Phi) is 5.68. The first-order valence-electron chi connectivity index (χ1n) is 7.30. The standard InChI is InChI=1S/C17H19N3O3/c1-12(2)15(19-16(21)13-7-4-3-5-8-13)17(22)20-18-11-14-9-6-10-23-14/h3-12,15H,1-2H3,(H,19,21)(H,20,22)/b18-11-/t15-/m1/s1. The zero-order valence-electron chi connectivity index (χ0n) is 13.0. The first kappa shape index (κ1) is 16.5. The number of furan rings is 1. The van der Waals surface area contributed by atoms with Crippen LogP contribution in [0.3, 0.4) is 0 Å². The quantitative estimate of drug-likeness (QED) is 0.633. The van der Waals surface area contributed by atoms with Gasteiger partial charge in [-0.1, -0.05) is 32.0 Å². The molecule has 6 heteroatoms. The van der Waals surface area contributed by atoms with Crippen LogP contribution in [0.25, 0.3) is 0 Å². The van der Waals surface area contributed by atoms with E-state index in [1.165, 1.54) is 12.5 Å². The molecule has 120 valence electrons. The van der Waals surface area contributed by atoms with Crippen molar-refractivity contribution >= 4 is 18.0 Å². The summed E-state index contributed by atoms with van der Waals surface area (Å²) >= 11 is 0. The van der Waals surface area contributed by atoms with E-state index in [-0.39, 0.29) is 17.7 Å². The van der Waals surface area contributed by atoms with Crippen molar-refractivity contribution in [1.82, 2.24) is 10.7 Å². The van der Waals surface area contributed by atoms with Crippen molar-refractivity contribution in [2.45, 2.75) is 19.9 Å². The molecule has 0 spiro atoms. The number of nitrogens with one attached hydrogen (secondary N) is 2. The summed E-state index contributed by atoms with van der Waals surface area (Å²) in [5.74, 6) is -0.234. The van der Waals surface area contributed by atoms with Crippen molar-refractivity contribution in [3.05, 3.63) is 60.1 Å². The zero-order valence-corrected chi connectivity index (χ0v) is 13.0. The Morgan fingerprint density at radius 1 is 1.13 bits per heavy atom. The molecule has 0 aliphatic heterocycles. The molecule has 2 aromatic rings. The molecule has 0 unspecified atom stereocenters. The van der Waals surface area contributed by atoms with E-state index in [0.717, 1.165) is 0 Å². The van der Waals surface area contributed by atoms with Gasteiger partial charge >= 0.3 is 0 Å². The minimum Gasteiger partial charge on any atom is -0.463 e. The smallest absolute Gasteiger partial charge is 0.262 e. The summed E-state index contributed by atoms with van der Waals surface area (Å²) in [6.45, 7) is 3.71.